The Hall–Kier alpha value is -0.870. The molecule has 102 valence electrons. The number of aryl methyl sites for hydroxylation is 1. The van der Waals surface area contributed by atoms with Crippen LogP contribution in [0.2, 0.25) is 0 Å². The highest BCUT2D eigenvalue weighted by atomic mass is 16.3. The zero-order valence-electron chi connectivity index (χ0n) is 11.3. The molecule has 0 radical (unpaired) electrons. The summed E-state index contributed by atoms with van der Waals surface area (Å²) in [6.07, 6.45) is 7.86. The quantitative estimate of drug-likeness (QED) is 0.812. The van der Waals surface area contributed by atoms with Crippen molar-refractivity contribution in [2.24, 2.45) is 5.92 Å². The van der Waals surface area contributed by atoms with Crippen LogP contribution in [-0.2, 0) is 13.1 Å². The van der Waals surface area contributed by atoms with Crippen molar-refractivity contribution >= 4 is 0 Å². The van der Waals surface area contributed by atoms with Gasteiger partial charge in [-0.05, 0) is 31.2 Å². The van der Waals surface area contributed by atoms with Crippen LogP contribution in [0.25, 0.3) is 0 Å². The number of rotatable bonds is 6. The highest BCUT2D eigenvalue weighted by Gasteiger charge is 2.23. The number of aromatic nitrogens is 2. The second-order valence-corrected chi connectivity index (χ2v) is 5.26. The summed E-state index contributed by atoms with van der Waals surface area (Å²) in [4.78, 5) is 0. The summed E-state index contributed by atoms with van der Waals surface area (Å²) < 4.78 is 2.07. The molecule has 1 aromatic rings. The van der Waals surface area contributed by atoms with E-state index in [0.717, 1.165) is 25.9 Å². The van der Waals surface area contributed by atoms with E-state index >= 15 is 0 Å². The van der Waals surface area contributed by atoms with Crippen LogP contribution < -0.4 is 5.32 Å². The molecule has 1 heterocycles. The van der Waals surface area contributed by atoms with Crippen LogP contribution in [0.5, 0.6) is 0 Å². The van der Waals surface area contributed by atoms with Crippen LogP contribution in [0.15, 0.2) is 12.3 Å². The Balaban J connectivity index is 1.87. The van der Waals surface area contributed by atoms with Gasteiger partial charge in [0.25, 0.3) is 0 Å². The number of nitrogens with zero attached hydrogens (tertiary/aromatic N) is 2. The lowest BCUT2D eigenvalue weighted by molar-refractivity contribution is 0.152. The van der Waals surface area contributed by atoms with E-state index in [0.29, 0.717) is 18.6 Å². The molecule has 0 aliphatic heterocycles. The van der Waals surface area contributed by atoms with Crippen LogP contribution in [0.4, 0.5) is 0 Å². The molecule has 0 amide bonds. The maximum absolute atomic E-state index is 9.40. The monoisotopic (exact) mass is 251 g/mol. The minimum absolute atomic E-state index is 0.311. The summed E-state index contributed by atoms with van der Waals surface area (Å²) in [5.74, 6) is 0.432. The van der Waals surface area contributed by atoms with E-state index < -0.39 is 0 Å². The predicted molar refractivity (Wildman–Crippen MR) is 72.2 cm³/mol. The first-order chi connectivity index (χ1) is 8.85. The SMILES string of the molecule is CCCn1nccc1CNC1CCCCC1CO. The molecule has 2 rings (SSSR count). The molecular formula is C14H25N3O. The zero-order valence-corrected chi connectivity index (χ0v) is 11.3. The van der Waals surface area contributed by atoms with Crippen molar-refractivity contribution in [1.82, 2.24) is 15.1 Å². The molecule has 1 fully saturated rings. The second kappa shape index (κ2) is 6.90. The third kappa shape index (κ3) is 3.33. The summed E-state index contributed by atoms with van der Waals surface area (Å²) in [6.45, 7) is 4.33. The summed E-state index contributed by atoms with van der Waals surface area (Å²) in [7, 11) is 0. The van der Waals surface area contributed by atoms with Gasteiger partial charge >= 0.3 is 0 Å². The van der Waals surface area contributed by atoms with Gasteiger partial charge in [0.15, 0.2) is 0 Å². The van der Waals surface area contributed by atoms with Crippen molar-refractivity contribution in [3.05, 3.63) is 18.0 Å². The first-order valence-electron chi connectivity index (χ1n) is 7.20. The standard InChI is InChI=1S/C14H25N3O/c1-2-9-17-13(7-8-16-17)10-15-14-6-4-3-5-12(14)11-18/h7-8,12,14-15,18H,2-6,9-11H2,1H3. The lowest BCUT2D eigenvalue weighted by Crippen LogP contribution is -2.40. The van der Waals surface area contributed by atoms with E-state index in [-0.39, 0.29) is 0 Å². The van der Waals surface area contributed by atoms with Crippen LogP contribution >= 0.6 is 0 Å². The summed E-state index contributed by atoms with van der Waals surface area (Å²) in [6, 6.07) is 2.55. The van der Waals surface area contributed by atoms with E-state index in [2.05, 4.69) is 28.1 Å². The molecule has 4 nitrogen and oxygen atoms in total. The Bertz CT molecular complexity index is 351. The Labute approximate surface area is 109 Å². The molecule has 2 N–H and O–H groups in total. The first kappa shape index (κ1) is 13.6. The van der Waals surface area contributed by atoms with Crippen molar-refractivity contribution < 1.29 is 5.11 Å². The number of aliphatic hydroxyl groups excluding tert-OH is 1. The Morgan fingerprint density at radius 1 is 1.44 bits per heavy atom. The van der Waals surface area contributed by atoms with Crippen LogP contribution in [-0.4, -0.2) is 27.5 Å². The molecule has 18 heavy (non-hydrogen) atoms. The van der Waals surface area contributed by atoms with Crippen molar-refractivity contribution in [2.45, 2.75) is 58.2 Å². The molecule has 1 aliphatic rings. The fraction of sp³-hybridized carbons (Fsp3) is 0.786. The molecule has 1 aliphatic carbocycles. The van der Waals surface area contributed by atoms with Crippen molar-refractivity contribution in [1.29, 1.82) is 0 Å². The predicted octanol–water partition coefficient (Wildman–Crippen LogP) is 1.93. The average molecular weight is 251 g/mol. The molecule has 0 saturated heterocycles. The van der Waals surface area contributed by atoms with E-state index in [9.17, 15) is 5.11 Å². The van der Waals surface area contributed by atoms with Gasteiger partial charge < -0.3 is 10.4 Å². The highest BCUT2D eigenvalue weighted by molar-refractivity contribution is 5.00. The molecule has 4 heteroatoms. The maximum atomic E-state index is 9.40. The average Bonchev–Trinajstić information content (AvgIpc) is 2.84. The number of aliphatic hydroxyl groups is 1. The van der Waals surface area contributed by atoms with Gasteiger partial charge in [0.1, 0.15) is 0 Å². The van der Waals surface area contributed by atoms with Crippen molar-refractivity contribution in [3.63, 3.8) is 0 Å². The smallest absolute Gasteiger partial charge is 0.0522 e. The summed E-state index contributed by atoms with van der Waals surface area (Å²) >= 11 is 0. The van der Waals surface area contributed by atoms with E-state index in [1.165, 1.54) is 25.0 Å². The molecule has 1 aromatic heterocycles. The van der Waals surface area contributed by atoms with Gasteiger partial charge in [-0.1, -0.05) is 19.8 Å². The first-order valence-corrected chi connectivity index (χ1v) is 7.20. The summed E-state index contributed by atoms with van der Waals surface area (Å²) in [5, 5.41) is 17.3. The van der Waals surface area contributed by atoms with E-state index in [1.54, 1.807) is 0 Å². The molecule has 0 aromatic carbocycles. The van der Waals surface area contributed by atoms with E-state index in [1.807, 2.05) is 6.20 Å². The number of hydrogen-bond acceptors (Lipinski definition) is 3. The molecule has 0 bridgehead atoms. The van der Waals surface area contributed by atoms with Gasteiger partial charge in [0.05, 0.1) is 5.69 Å². The van der Waals surface area contributed by atoms with Crippen molar-refractivity contribution in [3.8, 4) is 0 Å². The maximum Gasteiger partial charge on any atom is 0.0522 e. The molecular weight excluding hydrogens is 226 g/mol. The minimum Gasteiger partial charge on any atom is -0.396 e. The van der Waals surface area contributed by atoms with Gasteiger partial charge in [-0.25, -0.2) is 0 Å². The number of nitrogens with one attached hydrogen (secondary N) is 1. The normalized spacial score (nSPS) is 24.3. The highest BCUT2D eigenvalue weighted by Crippen LogP contribution is 2.24. The Kier molecular flexibility index (Phi) is 5.20. The van der Waals surface area contributed by atoms with Gasteiger partial charge in [0.2, 0.25) is 0 Å². The van der Waals surface area contributed by atoms with Gasteiger partial charge in [-0.15, -0.1) is 0 Å². The van der Waals surface area contributed by atoms with Gasteiger partial charge in [0, 0.05) is 31.9 Å². The Morgan fingerprint density at radius 2 is 2.28 bits per heavy atom. The largest absolute Gasteiger partial charge is 0.396 e. The zero-order chi connectivity index (χ0) is 12.8. The lowest BCUT2D eigenvalue weighted by atomic mass is 9.85. The summed E-state index contributed by atoms with van der Waals surface area (Å²) in [5.41, 5.74) is 1.25. The molecule has 2 atom stereocenters. The number of hydrogen-bond donors (Lipinski definition) is 2. The Morgan fingerprint density at radius 3 is 3.06 bits per heavy atom. The third-order valence-electron chi connectivity index (χ3n) is 3.93. The van der Waals surface area contributed by atoms with Gasteiger partial charge in [-0.3, -0.25) is 4.68 Å². The van der Waals surface area contributed by atoms with Crippen LogP contribution in [0.3, 0.4) is 0 Å². The lowest BCUT2D eigenvalue weighted by Gasteiger charge is -2.31. The minimum atomic E-state index is 0.311. The van der Waals surface area contributed by atoms with Crippen molar-refractivity contribution in [2.75, 3.05) is 6.61 Å². The topological polar surface area (TPSA) is 50.1 Å². The molecule has 0 spiro atoms. The second-order valence-electron chi connectivity index (χ2n) is 5.26. The fourth-order valence-corrected chi connectivity index (χ4v) is 2.85. The van der Waals surface area contributed by atoms with Gasteiger partial charge in [-0.2, -0.15) is 5.10 Å². The third-order valence-corrected chi connectivity index (χ3v) is 3.93. The fourth-order valence-electron chi connectivity index (χ4n) is 2.85. The van der Waals surface area contributed by atoms with E-state index in [4.69, 9.17) is 0 Å². The van der Waals surface area contributed by atoms with Crippen LogP contribution in [0, 0.1) is 5.92 Å². The molecule has 1 saturated carbocycles. The molecule has 2 unspecified atom stereocenters. The van der Waals surface area contributed by atoms with Crippen LogP contribution in [0.1, 0.15) is 44.7 Å².